The third-order valence-corrected chi connectivity index (χ3v) is 1.64. The average Bonchev–Trinajstić information content (AvgIpc) is 2.03. The highest BCUT2D eigenvalue weighted by atomic mass is 19.1. The predicted octanol–water partition coefficient (Wildman–Crippen LogP) is 1.53. The molecule has 1 N–H and O–H groups in total. The minimum atomic E-state index is -0.462. The Morgan fingerprint density at radius 2 is 2.33 bits per heavy atom. The second kappa shape index (κ2) is 4.16. The van der Waals surface area contributed by atoms with E-state index in [-0.39, 0.29) is 6.10 Å². The van der Waals surface area contributed by atoms with Crippen LogP contribution in [-0.4, -0.2) is 16.2 Å². The first-order valence-electron chi connectivity index (χ1n) is 3.97. The van der Waals surface area contributed by atoms with Gasteiger partial charge in [0, 0.05) is 6.20 Å². The second-order valence-electron chi connectivity index (χ2n) is 2.88. The normalized spacial score (nSPS) is 12.9. The van der Waals surface area contributed by atoms with E-state index in [0.717, 1.165) is 12.0 Å². The van der Waals surface area contributed by atoms with Crippen LogP contribution in [0, 0.1) is 5.95 Å². The Hall–Kier alpha value is -0.960. The van der Waals surface area contributed by atoms with Gasteiger partial charge in [0.15, 0.2) is 0 Å². The van der Waals surface area contributed by atoms with Gasteiger partial charge in [0.25, 0.3) is 0 Å². The lowest BCUT2D eigenvalue weighted by molar-refractivity contribution is 0.185. The van der Waals surface area contributed by atoms with Crippen LogP contribution in [0.3, 0.4) is 0 Å². The first kappa shape index (κ1) is 9.13. The van der Waals surface area contributed by atoms with Gasteiger partial charge in [-0.2, -0.15) is 4.39 Å². The quantitative estimate of drug-likeness (QED) is 0.696. The van der Waals surface area contributed by atoms with Crippen molar-refractivity contribution in [3.05, 3.63) is 29.8 Å². The van der Waals surface area contributed by atoms with E-state index < -0.39 is 5.95 Å². The molecule has 3 heteroatoms. The number of aryl methyl sites for hydroxylation is 1. The van der Waals surface area contributed by atoms with E-state index in [1.165, 1.54) is 12.3 Å². The molecule has 1 heterocycles. The van der Waals surface area contributed by atoms with Crippen molar-refractivity contribution in [2.45, 2.75) is 25.9 Å². The first-order chi connectivity index (χ1) is 5.68. The SMILES string of the molecule is C[C@@H](O)CCc1ccc(F)nc1. The molecule has 0 saturated carbocycles. The molecule has 0 amide bonds. The molecule has 1 atom stereocenters. The van der Waals surface area contributed by atoms with E-state index in [2.05, 4.69) is 4.98 Å². The Labute approximate surface area is 71.1 Å². The van der Waals surface area contributed by atoms with Crippen LogP contribution in [0.4, 0.5) is 4.39 Å². The zero-order valence-corrected chi connectivity index (χ0v) is 7.00. The molecule has 1 aromatic rings. The number of hydrogen-bond donors (Lipinski definition) is 1. The molecule has 0 aliphatic rings. The van der Waals surface area contributed by atoms with Gasteiger partial charge >= 0.3 is 0 Å². The molecule has 0 spiro atoms. The second-order valence-corrected chi connectivity index (χ2v) is 2.88. The minimum Gasteiger partial charge on any atom is -0.393 e. The van der Waals surface area contributed by atoms with Crippen LogP contribution >= 0.6 is 0 Å². The maximum atomic E-state index is 12.3. The van der Waals surface area contributed by atoms with Crippen LogP contribution in [-0.2, 0) is 6.42 Å². The van der Waals surface area contributed by atoms with E-state index in [0.29, 0.717) is 6.42 Å². The molecule has 1 rings (SSSR count). The van der Waals surface area contributed by atoms with E-state index in [4.69, 9.17) is 5.11 Å². The summed E-state index contributed by atoms with van der Waals surface area (Å²) >= 11 is 0. The smallest absolute Gasteiger partial charge is 0.212 e. The monoisotopic (exact) mass is 169 g/mol. The number of pyridine rings is 1. The molecule has 2 nitrogen and oxygen atoms in total. The minimum absolute atomic E-state index is 0.310. The highest BCUT2D eigenvalue weighted by Crippen LogP contribution is 2.04. The van der Waals surface area contributed by atoms with Crippen molar-refractivity contribution < 1.29 is 9.50 Å². The van der Waals surface area contributed by atoms with E-state index in [9.17, 15) is 4.39 Å². The maximum Gasteiger partial charge on any atom is 0.212 e. The van der Waals surface area contributed by atoms with E-state index >= 15 is 0 Å². The molecule has 12 heavy (non-hydrogen) atoms. The lowest BCUT2D eigenvalue weighted by Gasteiger charge is -2.02. The zero-order chi connectivity index (χ0) is 8.97. The van der Waals surface area contributed by atoms with E-state index in [1.54, 1.807) is 13.0 Å². The van der Waals surface area contributed by atoms with Crippen LogP contribution in [0.5, 0.6) is 0 Å². The van der Waals surface area contributed by atoms with Gasteiger partial charge in [-0.1, -0.05) is 6.07 Å². The van der Waals surface area contributed by atoms with Crippen molar-refractivity contribution in [1.29, 1.82) is 0 Å². The third kappa shape index (κ3) is 2.96. The van der Waals surface area contributed by atoms with Crippen molar-refractivity contribution in [3.63, 3.8) is 0 Å². The lowest BCUT2D eigenvalue weighted by atomic mass is 10.1. The van der Waals surface area contributed by atoms with Crippen LogP contribution in [0.2, 0.25) is 0 Å². The van der Waals surface area contributed by atoms with Gasteiger partial charge in [-0.25, -0.2) is 4.98 Å². The number of aliphatic hydroxyl groups is 1. The highest BCUT2D eigenvalue weighted by molar-refractivity contribution is 5.09. The summed E-state index contributed by atoms with van der Waals surface area (Å²) in [4.78, 5) is 3.51. The molecule has 0 radical (unpaired) electrons. The van der Waals surface area contributed by atoms with Crippen LogP contribution in [0.25, 0.3) is 0 Å². The summed E-state index contributed by atoms with van der Waals surface area (Å²) < 4.78 is 12.3. The fraction of sp³-hybridized carbons (Fsp3) is 0.444. The molecule has 0 aromatic carbocycles. The predicted molar refractivity (Wildman–Crippen MR) is 44.2 cm³/mol. The summed E-state index contributed by atoms with van der Waals surface area (Å²) in [6.07, 6.45) is 2.62. The molecule has 1 aromatic heterocycles. The van der Waals surface area contributed by atoms with Crippen LogP contribution < -0.4 is 0 Å². The topological polar surface area (TPSA) is 33.1 Å². The number of rotatable bonds is 3. The first-order valence-corrected chi connectivity index (χ1v) is 3.97. The standard InChI is InChI=1S/C9H12FNO/c1-7(12)2-3-8-4-5-9(10)11-6-8/h4-7,12H,2-3H2,1H3/t7-/m1/s1. The number of aromatic nitrogens is 1. The summed E-state index contributed by atoms with van der Waals surface area (Å²) in [5, 5.41) is 8.97. The third-order valence-electron chi connectivity index (χ3n) is 1.64. The molecular weight excluding hydrogens is 157 g/mol. The van der Waals surface area contributed by atoms with Gasteiger partial charge in [-0.15, -0.1) is 0 Å². The fourth-order valence-electron chi connectivity index (χ4n) is 0.930. The van der Waals surface area contributed by atoms with Crippen molar-refractivity contribution in [2.75, 3.05) is 0 Å². The average molecular weight is 169 g/mol. The Morgan fingerprint density at radius 1 is 1.58 bits per heavy atom. The number of halogens is 1. The number of nitrogens with zero attached hydrogens (tertiary/aromatic N) is 1. The molecule has 0 saturated heterocycles. The number of aliphatic hydroxyl groups excluding tert-OH is 1. The Balaban J connectivity index is 2.48. The molecule has 0 aliphatic carbocycles. The van der Waals surface area contributed by atoms with Crippen molar-refractivity contribution >= 4 is 0 Å². The summed E-state index contributed by atoms with van der Waals surface area (Å²) in [6, 6.07) is 3.02. The number of hydrogen-bond acceptors (Lipinski definition) is 2. The molecule has 0 aliphatic heterocycles. The fourth-order valence-corrected chi connectivity index (χ4v) is 0.930. The Kier molecular flexibility index (Phi) is 3.17. The molecule has 0 bridgehead atoms. The van der Waals surface area contributed by atoms with Crippen LogP contribution in [0.15, 0.2) is 18.3 Å². The Morgan fingerprint density at radius 3 is 2.83 bits per heavy atom. The Bertz CT molecular complexity index is 233. The molecular formula is C9H12FNO. The van der Waals surface area contributed by atoms with E-state index in [1.807, 2.05) is 0 Å². The van der Waals surface area contributed by atoms with Gasteiger partial charge < -0.3 is 5.11 Å². The maximum absolute atomic E-state index is 12.3. The molecule has 66 valence electrons. The summed E-state index contributed by atoms with van der Waals surface area (Å²) in [5.74, 6) is -0.462. The van der Waals surface area contributed by atoms with Crippen molar-refractivity contribution in [2.24, 2.45) is 0 Å². The lowest BCUT2D eigenvalue weighted by Crippen LogP contribution is -2.01. The zero-order valence-electron chi connectivity index (χ0n) is 7.00. The highest BCUT2D eigenvalue weighted by Gasteiger charge is 1.98. The van der Waals surface area contributed by atoms with Gasteiger partial charge in [0.05, 0.1) is 6.10 Å². The van der Waals surface area contributed by atoms with Gasteiger partial charge in [-0.05, 0) is 31.4 Å². The summed E-state index contributed by atoms with van der Waals surface area (Å²) in [5.41, 5.74) is 0.956. The van der Waals surface area contributed by atoms with Crippen LogP contribution in [0.1, 0.15) is 18.9 Å². The molecule has 0 unspecified atom stereocenters. The summed E-state index contributed by atoms with van der Waals surface area (Å²) in [6.45, 7) is 1.73. The van der Waals surface area contributed by atoms with Crippen molar-refractivity contribution in [1.82, 2.24) is 4.98 Å². The van der Waals surface area contributed by atoms with Gasteiger partial charge in [0.2, 0.25) is 5.95 Å². The summed E-state index contributed by atoms with van der Waals surface area (Å²) in [7, 11) is 0. The van der Waals surface area contributed by atoms with Crippen molar-refractivity contribution in [3.8, 4) is 0 Å². The van der Waals surface area contributed by atoms with Gasteiger partial charge in [0.1, 0.15) is 0 Å². The molecule has 0 fully saturated rings. The van der Waals surface area contributed by atoms with Gasteiger partial charge in [-0.3, -0.25) is 0 Å². The largest absolute Gasteiger partial charge is 0.393 e.